The van der Waals surface area contributed by atoms with Crippen molar-refractivity contribution in [3.63, 3.8) is 0 Å². The van der Waals surface area contributed by atoms with Crippen LogP contribution in [0.3, 0.4) is 0 Å². The summed E-state index contributed by atoms with van der Waals surface area (Å²) in [7, 11) is 0. The maximum Gasteiger partial charge on any atom is 0.256 e. The maximum atomic E-state index is 8.24. The average Bonchev–Trinajstić information content (AvgIpc) is 0.702. The van der Waals surface area contributed by atoms with Crippen molar-refractivity contribution in [1.29, 1.82) is 0 Å². The third-order valence-electron chi connectivity index (χ3n) is 25.0. The van der Waals surface area contributed by atoms with E-state index in [0.717, 1.165) is 62.3 Å². The minimum absolute atomic E-state index is 0.160. The van der Waals surface area contributed by atoms with Crippen LogP contribution >= 0.6 is 0 Å². The lowest BCUT2D eigenvalue weighted by molar-refractivity contribution is 0.487. The fraction of sp³-hybridized carbons (Fsp3) is 0.308. The second-order valence-corrected chi connectivity index (χ2v) is 41.2. The Morgan fingerprint density at radius 2 is 0.536 bits per heavy atom. The Morgan fingerprint density at radius 1 is 0.223 bits per heavy atom. The van der Waals surface area contributed by atoms with Crippen LogP contribution in [-0.4, -0.2) is 22.6 Å². The smallest absolute Gasteiger partial charge is 0.256 e. The third kappa shape index (κ3) is 11.5. The molecule has 8 heteroatoms. The highest BCUT2D eigenvalue weighted by Crippen LogP contribution is 2.53. The van der Waals surface area contributed by atoms with E-state index in [0.29, 0.717) is 0 Å². The zero-order valence-electron chi connectivity index (χ0n) is 70.7. The van der Waals surface area contributed by atoms with E-state index in [1.807, 2.05) is 0 Å². The lowest BCUT2D eigenvalue weighted by Crippen LogP contribution is -2.65. The van der Waals surface area contributed by atoms with Gasteiger partial charge in [-0.25, -0.2) is 0 Å². The van der Waals surface area contributed by atoms with Crippen molar-refractivity contribution in [1.82, 2.24) is 9.13 Å². The Labute approximate surface area is 666 Å². The van der Waals surface area contributed by atoms with Crippen molar-refractivity contribution in [2.75, 3.05) is 14.7 Å². The fourth-order valence-corrected chi connectivity index (χ4v) is 18.8. The van der Waals surface area contributed by atoms with Gasteiger partial charge in [0.25, 0.3) is 13.4 Å². The second-order valence-electron chi connectivity index (χ2n) is 41.2. The van der Waals surface area contributed by atoms with Gasteiger partial charge >= 0.3 is 0 Å². The van der Waals surface area contributed by atoms with E-state index in [9.17, 15) is 0 Å². The fourth-order valence-electron chi connectivity index (χ4n) is 18.8. The van der Waals surface area contributed by atoms with Gasteiger partial charge in [0.2, 0.25) is 0 Å². The molecule has 0 saturated carbocycles. The molecule has 4 aliphatic heterocycles. The molecule has 6 heterocycles. The molecule has 4 aliphatic rings. The van der Waals surface area contributed by atoms with Crippen LogP contribution in [0.5, 0.6) is 11.5 Å². The monoisotopic (exact) mass is 1470 g/mol. The predicted molar refractivity (Wildman–Crippen MR) is 485 cm³/mol. The molecule has 14 aromatic rings. The number of nitrogens with zero attached hydrogens (tertiary/aromatic N) is 5. The molecule has 0 fully saturated rings. The standard InChI is InChI=1S/C104H109B2N5O/c1-97(2,3)62-46-63(98(4,5)6)49-69(48-62)110-86-54-66(101(13,14)15)52-77(103(19,20)21)93(86)105-79-60-80-91(61-85(79)107(68-36-26-25-27-37-68)88-56-71(57-89(110)95(88)105)108-81-42-32-28-38-73(81)74-39-29-33-43-82(74)108)112-92-59-72(109-83-44-34-30-40-75(83)76-41-31-35-45-84(76)109)58-90-96(92)106(80)94-78(104(22,23)24)53-67(102(16,17)18)55-87(94)111(90)70-50-64(99(7,8)9)47-65(51-70)100(10,11)12/h25-61H,1-24H3. The Kier molecular flexibility index (Phi) is 16.0. The number of anilines is 9. The molecule has 0 bridgehead atoms. The number of hydrogen-bond acceptors (Lipinski definition) is 4. The summed E-state index contributed by atoms with van der Waals surface area (Å²) in [5.74, 6) is 1.72. The normalized spacial score (nSPS) is 14.4. The van der Waals surface area contributed by atoms with Gasteiger partial charge in [-0.2, -0.15) is 0 Å². The molecule has 18 rings (SSSR count). The largest absolute Gasteiger partial charge is 0.458 e. The van der Waals surface area contributed by atoms with Crippen molar-refractivity contribution in [2.24, 2.45) is 0 Å². The Hall–Kier alpha value is -10.4. The summed E-state index contributed by atoms with van der Waals surface area (Å²) in [5, 5.41) is 4.89. The molecule has 0 atom stereocenters. The molecule has 112 heavy (non-hydrogen) atoms. The molecule has 562 valence electrons. The molecule has 0 spiro atoms. The molecule has 6 nitrogen and oxygen atoms in total. The van der Waals surface area contributed by atoms with Crippen LogP contribution in [0.4, 0.5) is 51.2 Å². The minimum atomic E-state index is -0.313. The average molecular weight is 1470 g/mol. The van der Waals surface area contributed by atoms with Crippen molar-refractivity contribution in [2.45, 2.75) is 209 Å². The van der Waals surface area contributed by atoms with Gasteiger partial charge in [0.1, 0.15) is 11.5 Å². The van der Waals surface area contributed by atoms with E-state index in [2.05, 4.69) is 414 Å². The summed E-state index contributed by atoms with van der Waals surface area (Å²) >= 11 is 0. The molecular formula is C104H109B2N5O. The molecule has 12 aromatic carbocycles. The second kappa shape index (κ2) is 24.5. The predicted octanol–water partition coefficient (Wildman–Crippen LogP) is 24.7. The highest BCUT2D eigenvalue weighted by atomic mass is 16.5. The zero-order valence-corrected chi connectivity index (χ0v) is 70.7. The summed E-state index contributed by atoms with van der Waals surface area (Å²) in [6.45, 7) is 57.1. The van der Waals surface area contributed by atoms with E-state index in [1.54, 1.807) is 0 Å². The quantitative estimate of drug-likeness (QED) is 0.161. The van der Waals surface area contributed by atoms with Crippen molar-refractivity contribution >= 4 is 141 Å². The van der Waals surface area contributed by atoms with E-state index < -0.39 is 0 Å². The topological polar surface area (TPSA) is 28.8 Å². The minimum Gasteiger partial charge on any atom is -0.458 e. The van der Waals surface area contributed by atoms with Crippen molar-refractivity contribution in [3.05, 3.63) is 269 Å². The first-order chi connectivity index (χ1) is 52.6. The zero-order chi connectivity index (χ0) is 79.1. The molecule has 0 aliphatic carbocycles. The van der Waals surface area contributed by atoms with Crippen LogP contribution in [-0.2, 0) is 43.3 Å². The number of benzene rings is 12. The van der Waals surface area contributed by atoms with Gasteiger partial charge in [-0.3, -0.25) is 0 Å². The highest BCUT2D eigenvalue weighted by molar-refractivity contribution is 7.03. The summed E-state index contributed by atoms with van der Waals surface area (Å²) in [6.07, 6.45) is 0. The summed E-state index contributed by atoms with van der Waals surface area (Å²) in [5.41, 5.74) is 33.6. The van der Waals surface area contributed by atoms with Gasteiger partial charge in [-0.15, -0.1) is 0 Å². The van der Waals surface area contributed by atoms with E-state index in [1.165, 1.54) is 133 Å². The molecular weight excluding hydrogens is 1360 g/mol. The summed E-state index contributed by atoms with van der Waals surface area (Å²) < 4.78 is 13.3. The van der Waals surface area contributed by atoms with Crippen LogP contribution in [0.25, 0.3) is 55.0 Å². The van der Waals surface area contributed by atoms with E-state index in [-0.39, 0.29) is 56.7 Å². The molecule has 0 unspecified atom stereocenters. The first kappa shape index (κ1) is 73.1. The number of ether oxygens (including phenoxy) is 1. The van der Waals surface area contributed by atoms with Gasteiger partial charge in [-0.1, -0.05) is 287 Å². The van der Waals surface area contributed by atoms with Crippen LogP contribution in [0.1, 0.15) is 211 Å². The Morgan fingerprint density at radius 3 is 0.902 bits per heavy atom. The van der Waals surface area contributed by atoms with Gasteiger partial charge in [0.15, 0.2) is 0 Å². The summed E-state index contributed by atoms with van der Waals surface area (Å²) in [6, 6.07) is 87.9. The number of hydrogen-bond donors (Lipinski definition) is 0. The van der Waals surface area contributed by atoms with E-state index >= 15 is 0 Å². The van der Waals surface area contributed by atoms with Crippen molar-refractivity contribution < 1.29 is 4.74 Å². The van der Waals surface area contributed by atoms with Gasteiger partial charge < -0.3 is 28.6 Å². The van der Waals surface area contributed by atoms with E-state index in [4.69, 9.17) is 4.74 Å². The van der Waals surface area contributed by atoms with Gasteiger partial charge in [-0.05, 0) is 212 Å². The number of fused-ring (bicyclic) bond motifs is 14. The first-order valence-electron chi connectivity index (χ1n) is 41.0. The molecule has 2 aromatic heterocycles. The van der Waals surface area contributed by atoms with Gasteiger partial charge in [0.05, 0.1) is 33.4 Å². The SMILES string of the molecule is CC(C)(C)c1cc(N2c3cc(-n4c5ccccc5c5ccccc54)cc4c3B(c3cc5c(cc3O4)N(c3ccccc3)c3cc(-n4c6ccccc6c6ccccc64)cc4c3B5c3c(cc(C(C)(C)C)cc3C(C)(C)C)N4c3cc(C(C)(C)C)cc(C(C)(C)C)c3)c3c2cc(C(C)(C)C)cc3C(C)(C)C)cc(C(C)(C)C)c1. The molecule has 0 radical (unpaired) electrons. The third-order valence-corrected chi connectivity index (χ3v) is 25.0. The summed E-state index contributed by atoms with van der Waals surface area (Å²) in [4.78, 5) is 8.04. The Balaban J connectivity index is 1.02. The molecule has 0 N–H and O–H groups in total. The van der Waals surface area contributed by atoms with Crippen LogP contribution < -0.4 is 52.2 Å². The van der Waals surface area contributed by atoms with Crippen LogP contribution in [0, 0.1) is 0 Å². The van der Waals surface area contributed by atoms with Crippen molar-refractivity contribution in [3.8, 4) is 22.9 Å². The number of para-hydroxylation sites is 5. The maximum absolute atomic E-state index is 8.24. The van der Waals surface area contributed by atoms with Crippen LogP contribution in [0.2, 0.25) is 0 Å². The number of rotatable bonds is 5. The lowest BCUT2D eigenvalue weighted by atomic mass is 9.29. The Bertz CT molecular complexity index is 6110. The highest BCUT2D eigenvalue weighted by Gasteiger charge is 2.51. The van der Waals surface area contributed by atoms with Crippen LogP contribution in [0.15, 0.2) is 224 Å². The van der Waals surface area contributed by atoms with Gasteiger partial charge in [0, 0.05) is 84.9 Å². The molecule has 0 amide bonds. The lowest BCUT2D eigenvalue weighted by Gasteiger charge is -2.48. The molecule has 0 saturated heterocycles. The first-order valence-corrected chi connectivity index (χ1v) is 41.0. The number of aromatic nitrogens is 2.